The summed E-state index contributed by atoms with van der Waals surface area (Å²) in [6.45, 7) is 0.405. The number of aromatic nitrogens is 4. The number of anilines is 1. The zero-order valence-corrected chi connectivity index (χ0v) is 24.6. The molecule has 1 amide bonds. The molecule has 0 radical (unpaired) electrons. The highest BCUT2D eigenvalue weighted by molar-refractivity contribution is 5.97. The summed E-state index contributed by atoms with van der Waals surface area (Å²) < 4.78 is 79.2. The van der Waals surface area contributed by atoms with Gasteiger partial charge in [0.25, 0.3) is 11.5 Å². The van der Waals surface area contributed by atoms with Gasteiger partial charge in [-0.3, -0.25) is 14.2 Å². The van der Waals surface area contributed by atoms with Gasteiger partial charge in [-0.25, -0.2) is 23.4 Å². The van der Waals surface area contributed by atoms with Gasteiger partial charge in [-0.05, 0) is 31.2 Å². The standard InChI is InChI=1S/C29H27F5N6O6/c1-14-22(26(42)38(3)28(45)37(14)2)17-5-4-15(40-7-6-35-24(17)40)12-20(27(43)44)36-25(41)23-18(30)10-16(11-19(23)31)39-8-9-46-13-21(39)29(32,33)34/h4-7,10-11,20-21H,8-9,12-13H2,1-3H3,(H,36,41)(H,43,44)/t20-,21?/m0/s1. The highest BCUT2D eigenvalue weighted by Crippen LogP contribution is 2.33. The average molecular weight is 651 g/mol. The van der Waals surface area contributed by atoms with Gasteiger partial charge in [0.15, 0.2) is 0 Å². The van der Waals surface area contributed by atoms with Crippen molar-refractivity contribution in [3.8, 4) is 11.1 Å². The first-order valence-electron chi connectivity index (χ1n) is 13.8. The smallest absolute Gasteiger partial charge is 0.411 e. The number of pyridine rings is 1. The molecule has 1 unspecified atom stereocenters. The molecule has 1 saturated heterocycles. The van der Waals surface area contributed by atoms with E-state index >= 15 is 8.78 Å². The number of amides is 1. The monoisotopic (exact) mass is 650 g/mol. The molecule has 1 aliphatic rings. The van der Waals surface area contributed by atoms with Crippen LogP contribution in [0.1, 0.15) is 21.7 Å². The van der Waals surface area contributed by atoms with Crippen LogP contribution in [-0.4, -0.2) is 73.5 Å². The Hall–Kier alpha value is -5.06. The number of imidazole rings is 1. The number of morpholine rings is 1. The van der Waals surface area contributed by atoms with E-state index in [4.69, 9.17) is 4.74 Å². The van der Waals surface area contributed by atoms with Crippen LogP contribution in [0.3, 0.4) is 0 Å². The molecule has 17 heteroatoms. The lowest BCUT2D eigenvalue weighted by atomic mass is 10.0. The molecule has 4 heterocycles. The van der Waals surface area contributed by atoms with Crippen LogP contribution in [0.2, 0.25) is 0 Å². The van der Waals surface area contributed by atoms with Gasteiger partial charge in [-0.15, -0.1) is 0 Å². The fraction of sp³-hybridized carbons (Fsp3) is 0.345. The maximum atomic E-state index is 15.1. The predicted octanol–water partition coefficient (Wildman–Crippen LogP) is 2.18. The molecule has 12 nitrogen and oxygen atoms in total. The second-order valence-electron chi connectivity index (χ2n) is 10.7. The zero-order chi connectivity index (χ0) is 33.7. The first kappa shape index (κ1) is 32.3. The number of fused-ring (bicyclic) bond motifs is 1. The van der Waals surface area contributed by atoms with Gasteiger partial charge in [-0.1, -0.05) is 0 Å². The van der Waals surface area contributed by atoms with Gasteiger partial charge in [-0.2, -0.15) is 13.2 Å². The number of ether oxygens (including phenoxy) is 1. The Bertz CT molecular complexity index is 1960. The van der Waals surface area contributed by atoms with Crippen LogP contribution in [0.5, 0.6) is 0 Å². The Morgan fingerprint density at radius 3 is 2.43 bits per heavy atom. The Balaban J connectivity index is 1.44. The van der Waals surface area contributed by atoms with E-state index in [-0.39, 0.29) is 30.1 Å². The van der Waals surface area contributed by atoms with Crippen LogP contribution < -0.4 is 21.5 Å². The van der Waals surface area contributed by atoms with Gasteiger partial charge in [0.1, 0.15) is 34.9 Å². The topological polar surface area (TPSA) is 140 Å². The third kappa shape index (κ3) is 5.73. The Kier molecular flexibility index (Phi) is 8.46. The minimum atomic E-state index is -4.76. The van der Waals surface area contributed by atoms with Crippen molar-refractivity contribution in [2.45, 2.75) is 31.6 Å². The van der Waals surface area contributed by atoms with E-state index in [0.29, 0.717) is 23.4 Å². The molecule has 2 atom stereocenters. The van der Waals surface area contributed by atoms with Crippen molar-refractivity contribution in [1.29, 1.82) is 0 Å². The van der Waals surface area contributed by atoms with E-state index < -0.39 is 77.3 Å². The summed E-state index contributed by atoms with van der Waals surface area (Å²) in [6, 6.07) is 0.261. The predicted molar refractivity (Wildman–Crippen MR) is 153 cm³/mol. The number of carbonyl (C=O) groups excluding carboxylic acids is 1. The van der Waals surface area contributed by atoms with Crippen LogP contribution in [0.4, 0.5) is 27.6 Å². The van der Waals surface area contributed by atoms with Crippen LogP contribution in [0.25, 0.3) is 16.8 Å². The largest absolute Gasteiger partial charge is 0.480 e. The van der Waals surface area contributed by atoms with Crippen molar-refractivity contribution in [3.63, 3.8) is 0 Å². The number of nitrogens with zero attached hydrogens (tertiary/aromatic N) is 5. The molecule has 0 saturated carbocycles. The van der Waals surface area contributed by atoms with Crippen LogP contribution >= 0.6 is 0 Å². The quantitative estimate of drug-likeness (QED) is 0.290. The zero-order valence-electron chi connectivity index (χ0n) is 24.6. The molecule has 0 bridgehead atoms. The van der Waals surface area contributed by atoms with Crippen LogP contribution in [0, 0.1) is 18.6 Å². The maximum absolute atomic E-state index is 15.1. The number of aliphatic carboxylic acids is 1. The molecule has 0 spiro atoms. The number of rotatable bonds is 7. The van der Waals surface area contributed by atoms with E-state index in [0.717, 1.165) is 9.47 Å². The normalized spacial score (nSPS) is 16.1. The van der Waals surface area contributed by atoms with E-state index in [1.165, 1.54) is 47.6 Å². The minimum absolute atomic E-state index is 0.120. The number of nitrogens with one attached hydrogen (secondary N) is 1. The summed E-state index contributed by atoms with van der Waals surface area (Å²) in [5, 5.41) is 12.0. The second kappa shape index (κ2) is 12.0. The Morgan fingerprint density at radius 1 is 1.13 bits per heavy atom. The summed E-state index contributed by atoms with van der Waals surface area (Å²) in [7, 11) is 2.82. The molecular weight excluding hydrogens is 623 g/mol. The van der Waals surface area contributed by atoms with Crippen molar-refractivity contribution in [2.75, 3.05) is 24.7 Å². The Morgan fingerprint density at radius 2 is 1.80 bits per heavy atom. The van der Waals surface area contributed by atoms with E-state index in [2.05, 4.69) is 10.3 Å². The lowest BCUT2D eigenvalue weighted by Gasteiger charge is -2.38. The molecular formula is C29H27F5N6O6. The number of carboxylic acids is 1. The molecule has 1 aliphatic heterocycles. The van der Waals surface area contributed by atoms with Crippen molar-refractivity contribution in [3.05, 3.63) is 86.1 Å². The molecule has 0 aliphatic carbocycles. The first-order chi connectivity index (χ1) is 21.6. The van der Waals surface area contributed by atoms with Gasteiger partial charge in [0.05, 0.1) is 18.8 Å². The molecule has 5 rings (SSSR count). The molecule has 4 aromatic rings. The highest BCUT2D eigenvalue weighted by atomic mass is 19.4. The third-order valence-corrected chi connectivity index (χ3v) is 7.97. The number of halogens is 5. The number of hydrogen-bond acceptors (Lipinski definition) is 7. The molecule has 1 fully saturated rings. The molecule has 1 aromatic carbocycles. The number of alkyl halides is 3. The molecule has 3 aromatic heterocycles. The number of hydrogen-bond donors (Lipinski definition) is 2. The number of carbonyl (C=O) groups is 2. The van der Waals surface area contributed by atoms with Crippen LogP contribution in [-0.2, 0) is 30.0 Å². The van der Waals surface area contributed by atoms with E-state index in [9.17, 15) is 37.5 Å². The lowest BCUT2D eigenvalue weighted by molar-refractivity contribution is -0.167. The molecule has 46 heavy (non-hydrogen) atoms. The second-order valence-corrected chi connectivity index (χ2v) is 10.7. The number of benzene rings is 1. The van der Waals surface area contributed by atoms with Gasteiger partial charge in [0.2, 0.25) is 0 Å². The van der Waals surface area contributed by atoms with E-state index in [1.807, 2.05) is 0 Å². The number of carboxylic acid groups (broad SMARTS) is 1. The average Bonchev–Trinajstić information content (AvgIpc) is 3.49. The van der Waals surface area contributed by atoms with E-state index in [1.54, 1.807) is 6.92 Å². The van der Waals surface area contributed by atoms with Gasteiger partial charge >= 0.3 is 17.8 Å². The Labute approximate surface area is 256 Å². The van der Waals surface area contributed by atoms with Gasteiger partial charge < -0.3 is 29.0 Å². The van der Waals surface area contributed by atoms with Crippen LogP contribution in [0.15, 0.2) is 46.2 Å². The highest BCUT2D eigenvalue weighted by Gasteiger charge is 2.46. The summed E-state index contributed by atoms with van der Waals surface area (Å²) in [5.74, 6) is -5.96. The lowest BCUT2D eigenvalue weighted by Crippen LogP contribution is -2.53. The molecule has 2 N–H and O–H groups in total. The van der Waals surface area contributed by atoms with Gasteiger partial charge in [0, 0.05) is 62.1 Å². The first-order valence-corrected chi connectivity index (χ1v) is 13.8. The maximum Gasteiger partial charge on any atom is 0.411 e. The summed E-state index contributed by atoms with van der Waals surface area (Å²) in [6.07, 6.45) is -2.29. The minimum Gasteiger partial charge on any atom is -0.480 e. The fourth-order valence-electron chi connectivity index (χ4n) is 5.45. The van der Waals surface area contributed by atoms with Crippen molar-refractivity contribution in [1.82, 2.24) is 23.8 Å². The fourth-order valence-corrected chi connectivity index (χ4v) is 5.45. The molecule has 244 valence electrons. The third-order valence-electron chi connectivity index (χ3n) is 7.97. The van der Waals surface area contributed by atoms with Crippen molar-refractivity contribution in [2.24, 2.45) is 14.1 Å². The summed E-state index contributed by atoms with van der Waals surface area (Å²) in [4.78, 5) is 55.5. The SMILES string of the molecule is Cc1c(-c2ccc(C[C@H](NC(=O)c3c(F)cc(N4CCOCC4C(F)(F)F)cc3F)C(=O)O)n3ccnc23)c(=O)n(C)c(=O)n1C. The van der Waals surface area contributed by atoms with Crippen molar-refractivity contribution < 1.29 is 41.4 Å². The summed E-state index contributed by atoms with van der Waals surface area (Å²) >= 11 is 0. The summed E-state index contributed by atoms with van der Waals surface area (Å²) in [5.41, 5.74) is -1.33. The van der Waals surface area contributed by atoms with Crippen molar-refractivity contribution >= 4 is 23.2 Å².